The molecule has 0 aliphatic heterocycles. The van der Waals surface area contributed by atoms with Crippen LogP contribution in [0, 0.1) is 0 Å². The Balaban J connectivity index is 1.91. The first-order valence-corrected chi connectivity index (χ1v) is 13.8. The topological polar surface area (TPSA) is 98.1 Å². The zero-order chi connectivity index (χ0) is 26.7. The highest BCUT2D eigenvalue weighted by Crippen LogP contribution is 2.37. The number of methoxy groups -OCH3 is 2. The average molecular weight is 525 g/mol. The van der Waals surface area contributed by atoms with Crippen molar-refractivity contribution in [1.29, 1.82) is 0 Å². The first-order chi connectivity index (χ1) is 17.7. The number of hydrogen-bond acceptors (Lipinski definition) is 7. The van der Waals surface area contributed by atoms with Crippen molar-refractivity contribution >= 4 is 31.6 Å². The largest absolute Gasteiger partial charge is 0.502 e. The van der Waals surface area contributed by atoms with Crippen LogP contribution in [0.5, 0.6) is 17.2 Å². The fourth-order valence-electron chi connectivity index (χ4n) is 4.60. The number of hydrogen-bond donors (Lipinski definition) is 1. The number of para-hydroxylation sites is 1. The molecular weight excluding hydrogens is 492 g/mol. The summed E-state index contributed by atoms with van der Waals surface area (Å²) in [7, 11) is -0.668. The number of rotatable bonds is 10. The van der Waals surface area contributed by atoms with Gasteiger partial charge in [0.15, 0.2) is 26.8 Å². The smallest absolute Gasteiger partial charge is 0.200 e. The Hall–Kier alpha value is -3.56. The van der Waals surface area contributed by atoms with Gasteiger partial charge in [-0.15, -0.1) is 0 Å². The van der Waals surface area contributed by atoms with Crippen LogP contribution in [0.4, 0.5) is 0 Å². The second-order valence-corrected chi connectivity index (χ2v) is 10.9. The molecule has 9 heteroatoms. The van der Waals surface area contributed by atoms with E-state index in [0.29, 0.717) is 28.4 Å². The number of sulfone groups is 1. The molecule has 37 heavy (non-hydrogen) atoms. The van der Waals surface area contributed by atoms with Crippen molar-refractivity contribution < 1.29 is 23.0 Å². The van der Waals surface area contributed by atoms with E-state index >= 15 is 0 Å². The quantitative estimate of drug-likeness (QED) is 0.313. The van der Waals surface area contributed by atoms with Gasteiger partial charge in [-0.25, -0.2) is 8.42 Å². The predicted molar refractivity (Wildman–Crippen MR) is 146 cm³/mol. The Morgan fingerprint density at radius 2 is 1.51 bits per heavy atom. The lowest BCUT2D eigenvalue weighted by atomic mass is 10.1. The van der Waals surface area contributed by atoms with E-state index in [1.165, 1.54) is 20.3 Å². The maximum atomic E-state index is 13.3. The van der Waals surface area contributed by atoms with Crippen molar-refractivity contribution in [2.24, 2.45) is 0 Å². The van der Waals surface area contributed by atoms with Gasteiger partial charge in [-0.3, -0.25) is 4.79 Å². The van der Waals surface area contributed by atoms with Gasteiger partial charge in [0.2, 0.25) is 5.75 Å². The van der Waals surface area contributed by atoms with Crippen molar-refractivity contribution in [3.8, 4) is 17.2 Å². The standard InChI is InChI=1S/C28H32N2O6S/c1-5-29(6-2)13-14-37(33,34)20-11-12-22-24(17-20)30(23-10-8-7-9-21(23)27(22)31)18-19-15-25(35-3)28(32)26(16-19)36-4/h7-12,15-17,32H,5-6,13-14,18H2,1-4H3. The predicted octanol–water partition coefficient (Wildman–Crippen LogP) is 4.04. The first kappa shape index (κ1) is 26.5. The fraction of sp³-hybridized carbons (Fsp3) is 0.321. The Bertz CT molecular complexity index is 1580. The van der Waals surface area contributed by atoms with E-state index < -0.39 is 9.84 Å². The van der Waals surface area contributed by atoms with Crippen LogP contribution in [0.2, 0.25) is 0 Å². The maximum Gasteiger partial charge on any atom is 0.200 e. The number of phenols is 1. The van der Waals surface area contributed by atoms with E-state index in [-0.39, 0.29) is 39.9 Å². The highest BCUT2D eigenvalue weighted by Gasteiger charge is 2.20. The molecule has 0 radical (unpaired) electrons. The summed E-state index contributed by atoms with van der Waals surface area (Å²) < 4.78 is 39.1. The van der Waals surface area contributed by atoms with E-state index in [2.05, 4.69) is 4.90 Å². The summed E-state index contributed by atoms with van der Waals surface area (Å²) in [6, 6.07) is 15.4. The lowest BCUT2D eigenvalue weighted by Gasteiger charge is -2.19. The zero-order valence-corrected chi connectivity index (χ0v) is 22.3. The molecule has 0 bridgehead atoms. The number of aromatic nitrogens is 1. The number of aromatic hydroxyl groups is 1. The second kappa shape index (κ2) is 10.8. The average Bonchev–Trinajstić information content (AvgIpc) is 2.91. The third-order valence-electron chi connectivity index (χ3n) is 6.75. The van der Waals surface area contributed by atoms with Gasteiger partial charge < -0.3 is 24.0 Å². The van der Waals surface area contributed by atoms with Gasteiger partial charge in [-0.2, -0.15) is 0 Å². The number of phenolic OH excluding ortho intramolecular Hbond substituents is 1. The Morgan fingerprint density at radius 1 is 0.892 bits per heavy atom. The number of fused-ring (bicyclic) bond motifs is 2. The lowest BCUT2D eigenvalue weighted by Crippen LogP contribution is -2.29. The van der Waals surface area contributed by atoms with Crippen LogP contribution in [0.25, 0.3) is 21.8 Å². The van der Waals surface area contributed by atoms with Crippen LogP contribution in [-0.2, 0) is 16.4 Å². The van der Waals surface area contributed by atoms with Crippen LogP contribution >= 0.6 is 0 Å². The Morgan fingerprint density at radius 3 is 2.14 bits per heavy atom. The molecular formula is C28H32N2O6S. The van der Waals surface area contributed by atoms with E-state index in [9.17, 15) is 18.3 Å². The molecule has 0 aliphatic carbocycles. The van der Waals surface area contributed by atoms with E-state index in [0.717, 1.165) is 18.7 Å². The molecule has 0 aliphatic rings. The molecule has 0 fully saturated rings. The summed E-state index contributed by atoms with van der Waals surface area (Å²) in [6.45, 7) is 6.27. The molecule has 8 nitrogen and oxygen atoms in total. The van der Waals surface area contributed by atoms with E-state index in [4.69, 9.17) is 9.47 Å². The molecule has 0 spiro atoms. The monoisotopic (exact) mass is 524 g/mol. The van der Waals surface area contributed by atoms with Crippen molar-refractivity contribution in [2.75, 3.05) is 39.6 Å². The molecule has 0 amide bonds. The molecule has 1 aromatic heterocycles. The van der Waals surface area contributed by atoms with Gasteiger partial charge >= 0.3 is 0 Å². The van der Waals surface area contributed by atoms with Crippen LogP contribution in [0.3, 0.4) is 0 Å². The third kappa shape index (κ3) is 5.14. The van der Waals surface area contributed by atoms with Crippen molar-refractivity contribution in [1.82, 2.24) is 9.47 Å². The van der Waals surface area contributed by atoms with E-state index in [1.807, 2.05) is 30.5 Å². The minimum Gasteiger partial charge on any atom is -0.502 e. The minimum absolute atomic E-state index is 0.00956. The number of pyridine rings is 1. The van der Waals surface area contributed by atoms with Crippen LogP contribution in [0.15, 0.2) is 64.3 Å². The molecule has 0 saturated heterocycles. The maximum absolute atomic E-state index is 13.3. The molecule has 0 atom stereocenters. The minimum atomic E-state index is -3.58. The van der Waals surface area contributed by atoms with Gasteiger partial charge in [0.1, 0.15) is 0 Å². The summed E-state index contributed by atoms with van der Waals surface area (Å²) >= 11 is 0. The molecule has 1 N–H and O–H groups in total. The molecule has 4 aromatic rings. The molecule has 4 rings (SSSR count). The Labute approximate surface area is 216 Å². The third-order valence-corrected chi connectivity index (χ3v) is 8.45. The zero-order valence-electron chi connectivity index (χ0n) is 21.5. The highest BCUT2D eigenvalue weighted by molar-refractivity contribution is 7.91. The fourth-order valence-corrected chi connectivity index (χ4v) is 5.90. The lowest BCUT2D eigenvalue weighted by molar-refractivity contribution is 0.321. The van der Waals surface area contributed by atoms with Gasteiger partial charge in [0.25, 0.3) is 0 Å². The summed E-state index contributed by atoms with van der Waals surface area (Å²) in [5.41, 5.74) is 1.77. The number of nitrogens with zero attached hydrogens (tertiary/aromatic N) is 2. The second-order valence-electron chi connectivity index (χ2n) is 8.81. The summed E-state index contributed by atoms with van der Waals surface area (Å²) in [6.07, 6.45) is 0. The van der Waals surface area contributed by atoms with Crippen LogP contribution in [0.1, 0.15) is 19.4 Å². The highest BCUT2D eigenvalue weighted by atomic mass is 32.2. The normalized spacial score (nSPS) is 11.9. The van der Waals surface area contributed by atoms with Gasteiger partial charge in [0, 0.05) is 23.9 Å². The van der Waals surface area contributed by atoms with Gasteiger partial charge in [0.05, 0.1) is 35.9 Å². The van der Waals surface area contributed by atoms with Crippen molar-refractivity contribution in [2.45, 2.75) is 25.3 Å². The molecule has 196 valence electrons. The summed E-state index contributed by atoms with van der Waals surface area (Å²) in [5.74, 6) is 0.391. The number of ether oxygens (including phenoxy) is 2. The van der Waals surface area contributed by atoms with Gasteiger partial charge in [-0.1, -0.05) is 26.0 Å². The molecule has 0 unspecified atom stereocenters. The SMILES string of the molecule is CCN(CC)CCS(=O)(=O)c1ccc2c(=O)c3ccccc3n(Cc3cc(OC)c(O)c(OC)c3)c2c1. The van der Waals surface area contributed by atoms with E-state index in [1.54, 1.807) is 36.4 Å². The van der Waals surface area contributed by atoms with Gasteiger partial charge in [-0.05, 0) is 61.1 Å². The number of benzene rings is 3. The van der Waals surface area contributed by atoms with Crippen LogP contribution < -0.4 is 14.9 Å². The molecule has 3 aromatic carbocycles. The Kier molecular flexibility index (Phi) is 7.75. The summed E-state index contributed by atoms with van der Waals surface area (Å²) in [4.78, 5) is 15.6. The first-order valence-electron chi connectivity index (χ1n) is 12.2. The van der Waals surface area contributed by atoms with Crippen molar-refractivity contribution in [3.63, 3.8) is 0 Å². The molecule has 0 saturated carbocycles. The van der Waals surface area contributed by atoms with Crippen LogP contribution in [-0.4, -0.2) is 62.6 Å². The van der Waals surface area contributed by atoms with Crippen molar-refractivity contribution in [3.05, 3.63) is 70.4 Å². The molecule has 1 heterocycles. The summed E-state index contributed by atoms with van der Waals surface area (Å²) in [5, 5.41) is 11.3.